The molecule has 0 unspecified atom stereocenters. The van der Waals surface area contributed by atoms with Crippen LogP contribution in [-0.4, -0.2) is 53.5 Å². The van der Waals surface area contributed by atoms with Gasteiger partial charge in [0.25, 0.3) is 5.69 Å². The molecule has 1 aliphatic heterocycles. The molecule has 1 fully saturated rings. The summed E-state index contributed by atoms with van der Waals surface area (Å²) in [4.78, 5) is 30.9. The summed E-state index contributed by atoms with van der Waals surface area (Å²) in [6.07, 6.45) is 3.04. The quantitative estimate of drug-likeness (QED) is 0.355. The molecule has 1 aromatic heterocycles. The van der Waals surface area contributed by atoms with Crippen LogP contribution in [0.5, 0.6) is 5.75 Å². The van der Waals surface area contributed by atoms with E-state index in [0.717, 1.165) is 13.0 Å². The predicted molar refractivity (Wildman–Crippen MR) is 115 cm³/mol. The minimum atomic E-state index is -0.468. The van der Waals surface area contributed by atoms with Gasteiger partial charge in [-0.3, -0.25) is 14.9 Å². The van der Waals surface area contributed by atoms with Gasteiger partial charge in [0.15, 0.2) is 0 Å². The zero-order chi connectivity index (χ0) is 21.5. The number of ether oxygens (including phenoxy) is 1. The monoisotopic (exact) mass is 452 g/mol. The zero-order valence-electron chi connectivity index (χ0n) is 16.3. The maximum Gasteiger partial charge on any atom is 0.287 e. The van der Waals surface area contributed by atoms with Crippen LogP contribution in [0, 0.1) is 10.1 Å². The van der Waals surface area contributed by atoms with E-state index in [2.05, 4.69) is 4.98 Å². The van der Waals surface area contributed by atoms with Crippen molar-refractivity contribution in [1.29, 1.82) is 0 Å². The van der Waals surface area contributed by atoms with Gasteiger partial charge in [0.2, 0.25) is 5.91 Å². The summed E-state index contributed by atoms with van der Waals surface area (Å²) in [5, 5.41) is 11.8. The number of nitro groups is 1. The van der Waals surface area contributed by atoms with E-state index in [1.807, 2.05) is 9.80 Å². The summed E-state index contributed by atoms with van der Waals surface area (Å²) in [6.45, 7) is 3.02. The first kappa shape index (κ1) is 22.1. The number of carbonyl (C=O) groups is 1. The van der Waals surface area contributed by atoms with Crippen molar-refractivity contribution in [3.63, 3.8) is 0 Å². The van der Waals surface area contributed by atoms with Gasteiger partial charge in [-0.25, -0.2) is 4.98 Å². The molecule has 1 aromatic carbocycles. The van der Waals surface area contributed by atoms with E-state index in [9.17, 15) is 14.9 Å². The van der Waals surface area contributed by atoms with E-state index in [0.29, 0.717) is 60.7 Å². The Labute approximate surface area is 184 Å². The number of nitrogens with zero attached hydrogens (tertiary/aromatic N) is 4. The Morgan fingerprint density at radius 3 is 2.70 bits per heavy atom. The molecule has 1 aliphatic rings. The lowest BCUT2D eigenvalue weighted by molar-refractivity contribution is -0.385. The molecule has 30 heavy (non-hydrogen) atoms. The molecule has 2 heterocycles. The van der Waals surface area contributed by atoms with Gasteiger partial charge >= 0.3 is 0 Å². The first-order chi connectivity index (χ1) is 14.4. The van der Waals surface area contributed by atoms with E-state index in [1.54, 1.807) is 24.3 Å². The second kappa shape index (κ2) is 10.4. The molecule has 3 rings (SSSR count). The minimum absolute atomic E-state index is 0.0347. The highest BCUT2D eigenvalue weighted by Crippen LogP contribution is 2.27. The van der Waals surface area contributed by atoms with E-state index in [1.165, 1.54) is 12.3 Å². The summed E-state index contributed by atoms with van der Waals surface area (Å²) in [7, 11) is 0. The highest BCUT2D eigenvalue weighted by Gasteiger charge is 2.20. The molecule has 2 aromatic rings. The number of aromatic nitrogens is 1. The summed E-state index contributed by atoms with van der Waals surface area (Å²) in [5.74, 6) is 1.32. The van der Waals surface area contributed by atoms with Crippen molar-refractivity contribution in [3.8, 4) is 5.75 Å². The summed E-state index contributed by atoms with van der Waals surface area (Å²) >= 11 is 11.9. The highest BCUT2D eigenvalue weighted by molar-refractivity contribution is 6.35. The summed E-state index contributed by atoms with van der Waals surface area (Å²) in [6, 6.07) is 8.13. The van der Waals surface area contributed by atoms with Crippen molar-refractivity contribution < 1.29 is 14.5 Å². The lowest BCUT2D eigenvalue weighted by Crippen LogP contribution is -2.35. The number of anilines is 1. The van der Waals surface area contributed by atoms with E-state index >= 15 is 0 Å². The van der Waals surface area contributed by atoms with Crippen LogP contribution in [0.4, 0.5) is 11.5 Å². The predicted octanol–water partition coefficient (Wildman–Crippen LogP) is 4.19. The molecule has 0 radical (unpaired) electrons. The SMILES string of the molecule is O=C(CCCOc1ccc(Cl)cc1Cl)N1CCCN(c2ccc([N+](=O)[O-])cn2)CC1. The van der Waals surface area contributed by atoms with Gasteiger partial charge in [-0.15, -0.1) is 0 Å². The fourth-order valence-corrected chi connectivity index (χ4v) is 3.69. The van der Waals surface area contributed by atoms with Crippen LogP contribution in [0.1, 0.15) is 19.3 Å². The molecule has 0 saturated carbocycles. The van der Waals surface area contributed by atoms with Gasteiger partial charge in [-0.1, -0.05) is 23.2 Å². The number of amides is 1. The third-order valence-corrected chi connectivity index (χ3v) is 5.33. The Balaban J connectivity index is 1.44. The standard InChI is InChI=1S/C20H22Cl2N4O4/c21-15-4-6-18(17(22)13-15)30-12-1-3-20(27)25-9-2-8-24(10-11-25)19-7-5-16(14-23-19)26(28)29/h4-7,13-14H,1-3,8-12H2. The molecular formula is C20H22Cl2N4O4. The van der Waals surface area contributed by atoms with Crippen LogP contribution < -0.4 is 9.64 Å². The summed E-state index contributed by atoms with van der Waals surface area (Å²) in [5.41, 5.74) is -0.0347. The topological polar surface area (TPSA) is 88.8 Å². The van der Waals surface area contributed by atoms with Gasteiger partial charge in [0, 0.05) is 43.7 Å². The van der Waals surface area contributed by atoms with E-state index < -0.39 is 4.92 Å². The average molecular weight is 453 g/mol. The van der Waals surface area contributed by atoms with E-state index in [-0.39, 0.29) is 11.6 Å². The first-order valence-electron chi connectivity index (χ1n) is 9.65. The minimum Gasteiger partial charge on any atom is -0.492 e. The lowest BCUT2D eigenvalue weighted by Gasteiger charge is -2.22. The third-order valence-electron chi connectivity index (χ3n) is 4.80. The van der Waals surface area contributed by atoms with Gasteiger partial charge in [0.05, 0.1) is 16.6 Å². The van der Waals surface area contributed by atoms with Crippen molar-refractivity contribution in [2.45, 2.75) is 19.3 Å². The maximum absolute atomic E-state index is 12.6. The second-order valence-electron chi connectivity index (χ2n) is 6.88. The van der Waals surface area contributed by atoms with E-state index in [4.69, 9.17) is 27.9 Å². The zero-order valence-corrected chi connectivity index (χ0v) is 17.8. The normalized spacial score (nSPS) is 14.3. The Bertz CT molecular complexity index is 895. The Kier molecular flexibility index (Phi) is 7.70. The van der Waals surface area contributed by atoms with Crippen LogP contribution in [0.2, 0.25) is 10.0 Å². The van der Waals surface area contributed by atoms with Crippen LogP contribution in [0.25, 0.3) is 0 Å². The van der Waals surface area contributed by atoms with Gasteiger partial charge < -0.3 is 14.5 Å². The largest absolute Gasteiger partial charge is 0.492 e. The van der Waals surface area contributed by atoms with Crippen molar-refractivity contribution in [2.24, 2.45) is 0 Å². The Hall–Kier alpha value is -2.58. The molecule has 0 atom stereocenters. The average Bonchev–Trinajstić information content (AvgIpc) is 2.99. The molecule has 1 saturated heterocycles. The fourth-order valence-electron chi connectivity index (χ4n) is 3.23. The van der Waals surface area contributed by atoms with Gasteiger partial charge in [0.1, 0.15) is 17.8 Å². The summed E-state index contributed by atoms with van der Waals surface area (Å²) < 4.78 is 5.63. The van der Waals surface area contributed by atoms with Crippen molar-refractivity contribution in [1.82, 2.24) is 9.88 Å². The number of carbonyl (C=O) groups excluding carboxylic acids is 1. The van der Waals surface area contributed by atoms with Gasteiger partial charge in [-0.2, -0.15) is 0 Å². The van der Waals surface area contributed by atoms with Crippen LogP contribution in [-0.2, 0) is 4.79 Å². The van der Waals surface area contributed by atoms with Crippen molar-refractivity contribution in [3.05, 3.63) is 56.7 Å². The van der Waals surface area contributed by atoms with Crippen molar-refractivity contribution in [2.75, 3.05) is 37.7 Å². The third kappa shape index (κ3) is 5.96. The van der Waals surface area contributed by atoms with Crippen molar-refractivity contribution >= 4 is 40.6 Å². The van der Waals surface area contributed by atoms with Gasteiger partial charge in [-0.05, 0) is 37.1 Å². The lowest BCUT2D eigenvalue weighted by atomic mass is 10.2. The second-order valence-corrected chi connectivity index (χ2v) is 7.72. The Morgan fingerprint density at radius 1 is 1.17 bits per heavy atom. The fraction of sp³-hybridized carbons (Fsp3) is 0.400. The highest BCUT2D eigenvalue weighted by atomic mass is 35.5. The van der Waals surface area contributed by atoms with Crippen LogP contribution in [0.15, 0.2) is 36.5 Å². The first-order valence-corrected chi connectivity index (χ1v) is 10.4. The number of rotatable bonds is 7. The van der Waals surface area contributed by atoms with Crippen LogP contribution >= 0.6 is 23.2 Å². The van der Waals surface area contributed by atoms with Crippen LogP contribution in [0.3, 0.4) is 0 Å². The molecule has 10 heteroatoms. The maximum atomic E-state index is 12.6. The molecule has 8 nitrogen and oxygen atoms in total. The Morgan fingerprint density at radius 2 is 2.00 bits per heavy atom. The molecular weight excluding hydrogens is 431 g/mol. The molecule has 1 amide bonds. The number of benzene rings is 1. The number of pyridine rings is 1. The molecule has 0 N–H and O–H groups in total. The molecule has 160 valence electrons. The molecule has 0 spiro atoms. The number of hydrogen-bond acceptors (Lipinski definition) is 6. The smallest absolute Gasteiger partial charge is 0.287 e. The number of halogens is 2. The molecule has 0 bridgehead atoms. The number of hydrogen-bond donors (Lipinski definition) is 0. The molecule has 0 aliphatic carbocycles.